The molecular weight excluding hydrogens is 240 g/mol. The average molecular weight is 260 g/mol. The lowest BCUT2D eigenvalue weighted by molar-refractivity contribution is -0.133. The molecule has 0 aliphatic carbocycles. The van der Waals surface area contributed by atoms with E-state index in [-0.39, 0.29) is 11.8 Å². The van der Waals surface area contributed by atoms with E-state index >= 15 is 0 Å². The summed E-state index contributed by atoms with van der Waals surface area (Å²) in [5.41, 5.74) is 5.64. The van der Waals surface area contributed by atoms with Gasteiger partial charge in [0.05, 0.1) is 10.9 Å². The number of nitrogens with zero attached hydrogens (tertiary/aromatic N) is 1. The van der Waals surface area contributed by atoms with Gasteiger partial charge in [-0.1, -0.05) is 25.6 Å². The average Bonchev–Trinajstić information content (AvgIpc) is 2.76. The highest BCUT2D eigenvalue weighted by molar-refractivity contribution is 7.99. The van der Waals surface area contributed by atoms with Gasteiger partial charge in [0.1, 0.15) is 0 Å². The van der Waals surface area contributed by atoms with Crippen LogP contribution in [0.25, 0.3) is 0 Å². The summed E-state index contributed by atoms with van der Waals surface area (Å²) in [4.78, 5) is 14.4. The summed E-state index contributed by atoms with van der Waals surface area (Å²) in [5, 5.41) is 0. The predicted octanol–water partition coefficient (Wildman–Crippen LogP) is 1.65. The van der Waals surface area contributed by atoms with E-state index in [2.05, 4.69) is 0 Å². The molecule has 1 amide bonds. The first-order chi connectivity index (χ1) is 7.57. The van der Waals surface area contributed by atoms with Crippen LogP contribution in [0.2, 0.25) is 0 Å². The fourth-order valence-corrected chi connectivity index (χ4v) is 3.42. The molecule has 0 saturated carbocycles. The SMILES string of the molecule is CCCC(C(=O)N(C)C1CCSC1)C(N)=S. The molecule has 16 heavy (non-hydrogen) atoms. The topological polar surface area (TPSA) is 46.3 Å². The maximum atomic E-state index is 12.2. The first kappa shape index (κ1) is 13.8. The molecule has 1 fully saturated rings. The number of thioether (sulfide) groups is 1. The smallest absolute Gasteiger partial charge is 0.232 e. The van der Waals surface area contributed by atoms with Crippen LogP contribution in [0.5, 0.6) is 0 Å². The van der Waals surface area contributed by atoms with Gasteiger partial charge in [-0.15, -0.1) is 0 Å². The van der Waals surface area contributed by atoms with Crippen molar-refractivity contribution in [3.63, 3.8) is 0 Å². The van der Waals surface area contributed by atoms with Crippen LogP contribution in [0.3, 0.4) is 0 Å². The zero-order valence-corrected chi connectivity index (χ0v) is 11.6. The molecule has 3 nitrogen and oxygen atoms in total. The summed E-state index contributed by atoms with van der Waals surface area (Å²) >= 11 is 6.88. The number of thiocarbonyl (C=S) groups is 1. The van der Waals surface area contributed by atoms with Crippen LogP contribution in [0.1, 0.15) is 26.2 Å². The minimum atomic E-state index is -0.268. The van der Waals surface area contributed by atoms with Crippen LogP contribution >= 0.6 is 24.0 Å². The summed E-state index contributed by atoms with van der Waals surface area (Å²) in [6, 6.07) is 0.367. The Morgan fingerprint density at radius 2 is 2.38 bits per heavy atom. The molecule has 1 aliphatic rings. The second kappa shape index (κ2) is 6.45. The van der Waals surface area contributed by atoms with Crippen molar-refractivity contribution in [2.24, 2.45) is 11.7 Å². The highest BCUT2D eigenvalue weighted by atomic mass is 32.2. The van der Waals surface area contributed by atoms with Crippen molar-refractivity contribution >= 4 is 34.9 Å². The fraction of sp³-hybridized carbons (Fsp3) is 0.818. The van der Waals surface area contributed by atoms with Crippen LogP contribution in [-0.4, -0.2) is 40.4 Å². The van der Waals surface area contributed by atoms with Gasteiger partial charge in [-0.25, -0.2) is 0 Å². The Hall–Kier alpha value is -0.290. The minimum Gasteiger partial charge on any atom is -0.393 e. The van der Waals surface area contributed by atoms with Crippen LogP contribution in [0.4, 0.5) is 0 Å². The maximum Gasteiger partial charge on any atom is 0.232 e. The van der Waals surface area contributed by atoms with Crippen molar-refractivity contribution in [3.05, 3.63) is 0 Å². The van der Waals surface area contributed by atoms with Gasteiger partial charge < -0.3 is 10.6 Å². The van der Waals surface area contributed by atoms with Gasteiger partial charge in [0, 0.05) is 18.8 Å². The molecule has 0 aromatic heterocycles. The Balaban J connectivity index is 2.61. The minimum absolute atomic E-state index is 0.0989. The molecular formula is C11H20N2OS2. The molecule has 1 saturated heterocycles. The molecule has 0 bridgehead atoms. The van der Waals surface area contributed by atoms with Gasteiger partial charge in [0.25, 0.3) is 0 Å². The number of carbonyl (C=O) groups is 1. The standard InChI is InChI=1S/C11H20N2OS2/c1-3-4-9(10(12)15)11(14)13(2)8-5-6-16-7-8/h8-9H,3-7H2,1-2H3,(H2,12,15). The van der Waals surface area contributed by atoms with Gasteiger partial charge in [-0.2, -0.15) is 11.8 Å². The molecule has 92 valence electrons. The summed E-state index contributed by atoms with van der Waals surface area (Å²) in [6.07, 6.45) is 2.78. The van der Waals surface area contributed by atoms with E-state index in [0.717, 1.165) is 30.8 Å². The van der Waals surface area contributed by atoms with E-state index in [1.54, 1.807) is 0 Å². The number of hydrogen-bond acceptors (Lipinski definition) is 3. The van der Waals surface area contributed by atoms with Gasteiger partial charge in [-0.05, 0) is 18.6 Å². The van der Waals surface area contributed by atoms with E-state index in [9.17, 15) is 4.79 Å². The Kier molecular flexibility index (Phi) is 5.55. The second-order valence-corrected chi connectivity index (χ2v) is 5.83. The number of rotatable bonds is 5. The molecule has 2 unspecified atom stereocenters. The lowest BCUT2D eigenvalue weighted by Gasteiger charge is -2.27. The highest BCUT2D eigenvalue weighted by Crippen LogP contribution is 2.23. The van der Waals surface area contributed by atoms with Crippen LogP contribution < -0.4 is 5.73 Å². The summed E-state index contributed by atoms with van der Waals surface area (Å²) in [6.45, 7) is 2.05. The van der Waals surface area contributed by atoms with Crippen molar-refractivity contribution in [2.75, 3.05) is 18.6 Å². The molecule has 1 heterocycles. The van der Waals surface area contributed by atoms with Crippen molar-refractivity contribution in [2.45, 2.75) is 32.2 Å². The Morgan fingerprint density at radius 1 is 1.69 bits per heavy atom. The van der Waals surface area contributed by atoms with Crippen LogP contribution in [-0.2, 0) is 4.79 Å². The van der Waals surface area contributed by atoms with E-state index in [0.29, 0.717) is 11.0 Å². The molecule has 1 rings (SSSR count). The molecule has 0 aromatic rings. The molecule has 0 aromatic carbocycles. The molecule has 5 heteroatoms. The normalized spacial score (nSPS) is 21.8. The second-order valence-electron chi connectivity index (χ2n) is 4.21. The largest absolute Gasteiger partial charge is 0.393 e. The molecule has 2 atom stereocenters. The van der Waals surface area contributed by atoms with E-state index < -0.39 is 0 Å². The molecule has 0 radical (unpaired) electrons. The maximum absolute atomic E-state index is 12.2. The third-order valence-electron chi connectivity index (χ3n) is 3.02. The monoisotopic (exact) mass is 260 g/mol. The lowest BCUT2D eigenvalue weighted by Crippen LogP contribution is -2.44. The quantitative estimate of drug-likeness (QED) is 0.764. The van der Waals surface area contributed by atoms with Crippen molar-refractivity contribution in [1.29, 1.82) is 0 Å². The third kappa shape index (κ3) is 3.35. The number of hydrogen-bond donors (Lipinski definition) is 1. The summed E-state index contributed by atoms with van der Waals surface area (Å²) < 4.78 is 0. The Bertz CT molecular complexity index is 265. The van der Waals surface area contributed by atoms with Crippen LogP contribution in [0.15, 0.2) is 0 Å². The number of nitrogens with two attached hydrogens (primary N) is 1. The lowest BCUT2D eigenvalue weighted by atomic mass is 10.0. The van der Waals surface area contributed by atoms with E-state index in [1.807, 2.05) is 30.6 Å². The zero-order chi connectivity index (χ0) is 12.1. The number of carbonyl (C=O) groups excluding carboxylic acids is 1. The Labute approximate surface area is 107 Å². The van der Waals surface area contributed by atoms with Gasteiger partial charge in [0.15, 0.2) is 0 Å². The van der Waals surface area contributed by atoms with E-state index in [1.165, 1.54) is 0 Å². The van der Waals surface area contributed by atoms with Crippen LogP contribution in [0, 0.1) is 5.92 Å². The van der Waals surface area contributed by atoms with Gasteiger partial charge in [-0.3, -0.25) is 4.79 Å². The van der Waals surface area contributed by atoms with Crippen molar-refractivity contribution in [1.82, 2.24) is 4.90 Å². The van der Waals surface area contributed by atoms with Gasteiger partial charge >= 0.3 is 0 Å². The Morgan fingerprint density at radius 3 is 2.81 bits per heavy atom. The fourth-order valence-electron chi connectivity index (χ4n) is 1.93. The molecule has 0 spiro atoms. The van der Waals surface area contributed by atoms with Crippen molar-refractivity contribution in [3.8, 4) is 0 Å². The highest BCUT2D eigenvalue weighted by Gasteiger charge is 2.29. The summed E-state index contributed by atoms with van der Waals surface area (Å²) in [5.74, 6) is 2.02. The summed E-state index contributed by atoms with van der Waals surface area (Å²) in [7, 11) is 1.87. The first-order valence-electron chi connectivity index (χ1n) is 5.71. The third-order valence-corrected chi connectivity index (χ3v) is 4.45. The molecule has 2 N–H and O–H groups in total. The molecule has 1 aliphatic heterocycles. The van der Waals surface area contributed by atoms with Crippen molar-refractivity contribution < 1.29 is 4.79 Å². The van der Waals surface area contributed by atoms with E-state index in [4.69, 9.17) is 18.0 Å². The first-order valence-corrected chi connectivity index (χ1v) is 7.28. The number of amides is 1. The van der Waals surface area contributed by atoms with Gasteiger partial charge in [0.2, 0.25) is 5.91 Å². The zero-order valence-electron chi connectivity index (χ0n) is 9.94. The predicted molar refractivity (Wildman–Crippen MR) is 73.7 cm³/mol.